The van der Waals surface area contributed by atoms with Crippen molar-refractivity contribution in [1.29, 1.82) is 0 Å². The van der Waals surface area contributed by atoms with Crippen LogP contribution in [0.5, 0.6) is 0 Å². The van der Waals surface area contributed by atoms with E-state index >= 15 is 0 Å². The Hall–Kier alpha value is -1.57. The molecule has 2 atom stereocenters. The van der Waals surface area contributed by atoms with Gasteiger partial charge in [0.25, 0.3) is 0 Å². The minimum absolute atomic E-state index is 0.276. The van der Waals surface area contributed by atoms with Crippen LogP contribution in [0, 0.1) is 0 Å². The van der Waals surface area contributed by atoms with Gasteiger partial charge in [-0.05, 0) is 25.8 Å². The van der Waals surface area contributed by atoms with Crippen molar-refractivity contribution in [2.75, 3.05) is 0 Å². The SMILES string of the molecule is [2H]C(/C=C/C([2H])(C(=O)OC(C)C)c1ccccc1)CCC. The Labute approximate surface area is 119 Å². The summed E-state index contributed by atoms with van der Waals surface area (Å²) >= 11 is 0. The number of benzene rings is 1. The normalized spacial score (nSPS) is 17.7. The van der Waals surface area contributed by atoms with E-state index in [1.165, 1.54) is 6.08 Å². The van der Waals surface area contributed by atoms with Crippen LogP contribution in [0.15, 0.2) is 42.5 Å². The van der Waals surface area contributed by atoms with E-state index in [2.05, 4.69) is 0 Å². The van der Waals surface area contributed by atoms with Gasteiger partial charge in [0.15, 0.2) is 0 Å². The van der Waals surface area contributed by atoms with Crippen molar-refractivity contribution in [3.8, 4) is 0 Å². The zero-order valence-corrected chi connectivity index (χ0v) is 11.9. The fraction of sp³-hybridized carbons (Fsp3) is 0.471. The third kappa shape index (κ3) is 5.73. The molecule has 0 aliphatic heterocycles. The molecule has 0 saturated carbocycles. The largest absolute Gasteiger partial charge is 0.462 e. The van der Waals surface area contributed by atoms with Crippen molar-refractivity contribution in [1.82, 2.24) is 0 Å². The van der Waals surface area contributed by atoms with Gasteiger partial charge in [0, 0.05) is 1.37 Å². The summed E-state index contributed by atoms with van der Waals surface area (Å²) in [5.74, 6) is -2.21. The van der Waals surface area contributed by atoms with Gasteiger partial charge >= 0.3 is 5.97 Å². The number of hydrogen-bond acceptors (Lipinski definition) is 2. The van der Waals surface area contributed by atoms with Crippen molar-refractivity contribution >= 4 is 5.97 Å². The van der Waals surface area contributed by atoms with Gasteiger partial charge in [-0.2, -0.15) is 0 Å². The highest BCUT2D eigenvalue weighted by Crippen LogP contribution is 2.20. The van der Waals surface area contributed by atoms with Gasteiger partial charge in [-0.1, -0.05) is 62.2 Å². The van der Waals surface area contributed by atoms with Crippen molar-refractivity contribution < 1.29 is 12.3 Å². The summed E-state index contributed by atoms with van der Waals surface area (Å²) in [7, 11) is 0. The van der Waals surface area contributed by atoms with Crippen LogP contribution < -0.4 is 0 Å². The lowest BCUT2D eigenvalue weighted by Gasteiger charge is -2.15. The van der Waals surface area contributed by atoms with Gasteiger partial charge in [0.2, 0.25) is 0 Å². The molecule has 0 radical (unpaired) electrons. The molecule has 0 aliphatic rings. The molecule has 0 spiro atoms. The Balaban J connectivity index is 3.08. The second-order valence-electron chi connectivity index (χ2n) is 4.62. The summed E-state index contributed by atoms with van der Waals surface area (Å²) < 4.78 is 21.6. The molecule has 1 aromatic rings. The van der Waals surface area contributed by atoms with Crippen LogP contribution in [0.1, 0.15) is 54.2 Å². The van der Waals surface area contributed by atoms with Crippen molar-refractivity contribution in [2.45, 2.75) is 52.0 Å². The fourth-order valence-electron chi connectivity index (χ4n) is 1.60. The van der Waals surface area contributed by atoms with Crippen molar-refractivity contribution in [3.05, 3.63) is 48.0 Å². The predicted octanol–water partition coefficient (Wildman–Crippen LogP) is 4.47. The first-order valence-corrected chi connectivity index (χ1v) is 6.78. The molecule has 2 heteroatoms. The number of hydrogen-bond donors (Lipinski definition) is 0. The minimum atomic E-state index is -1.60. The number of carbonyl (C=O) groups excluding carboxylic acids is 1. The number of rotatable bonds is 7. The van der Waals surface area contributed by atoms with E-state index in [4.69, 9.17) is 7.48 Å². The van der Waals surface area contributed by atoms with E-state index in [0.717, 1.165) is 6.42 Å². The Morgan fingerprint density at radius 3 is 2.68 bits per heavy atom. The van der Waals surface area contributed by atoms with Crippen LogP contribution in [-0.2, 0) is 9.53 Å². The molecule has 0 fully saturated rings. The van der Waals surface area contributed by atoms with E-state index in [-0.39, 0.29) is 6.10 Å². The standard InChI is InChI=1S/C17H24O2/c1-4-5-6-10-13-16(17(18)19-14(2)3)15-11-8-7-9-12-15/h7-14,16H,4-6H2,1-3H3/b13-10+/i6D,16D. The Bertz CT molecular complexity index is 471. The molecule has 19 heavy (non-hydrogen) atoms. The maximum Gasteiger partial charge on any atom is 0.317 e. The first-order valence-electron chi connectivity index (χ1n) is 7.86. The van der Waals surface area contributed by atoms with Crippen LogP contribution in [0.25, 0.3) is 0 Å². The fourth-order valence-corrected chi connectivity index (χ4v) is 1.60. The third-order valence-electron chi connectivity index (χ3n) is 2.50. The molecule has 0 aromatic heterocycles. The van der Waals surface area contributed by atoms with E-state index in [1.807, 2.05) is 13.0 Å². The number of carbonyl (C=O) groups is 1. The molecule has 0 N–H and O–H groups in total. The Morgan fingerprint density at radius 1 is 1.42 bits per heavy atom. The lowest BCUT2D eigenvalue weighted by atomic mass is 9.98. The first-order chi connectivity index (χ1) is 9.90. The highest BCUT2D eigenvalue weighted by molar-refractivity contribution is 5.80. The average Bonchev–Trinajstić information content (AvgIpc) is 2.45. The second kappa shape index (κ2) is 8.52. The molecule has 0 amide bonds. The number of allylic oxidation sites excluding steroid dienone is 1. The molecule has 0 bridgehead atoms. The van der Waals surface area contributed by atoms with Gasteiger partial charge in [0.1, 0.15) is 0 Å². The Morgan fingerprint density at radius 2 is 2.11 bits per heavy atom. The molecule has 104 valence electrons. The monoisotopic (exact) mass is 262 g/mol. The Kier molecular flexibility index (Phi) is 5.59. The summed E-state index contributed by atoms with van der Waals surface area (Å²) in [5, 5.41) is 0. The van der Waals surface area contributed by atoms with Crippen molar-refractivity contribution in [2.24, 2.45) is 0 Å². The average molecular weight is 262 g/mol. The molecule has 0 heterocycles. The van der Waals surface area contributed by atoms with Crippen LogP contribution in [0.3, 0.4) is 0 Å². The smallest absolute Gasteiger partial charge is 0.317 e. The zero-order valence-electron chi connectivity index (χ0n) is 13.9. The lowest BCUT2D eigenvalue weighted by molar-refractivity contribution is -0.147. The van der Waals surface area contributed by atoms with E-state index < -0.39 is 18.3 Å². The molecule has 0 aliphatic carbocycles. The number of ether oxygens (including phenoxy) is 1. The van der Waals surface area contributed by atoms with Crippen LogP contribution in [0.2, 0.25) is 0 Å². The molecule has 1 aromatic carbocycles. The maximum absolute atomic E-state index is 12.3. The topological polar surface area (TPSA) is 26.3 Å². The van der Waals surface area contributed by atoms with Gasteiger partial charge in [0.05, 0.1) is 13.4 Å². The summed E-state index contributed by atoms with van der Waals surface area (Å²) in [6, 6.07) is 8.89. The van der Waals surface area contributed by atoms with Gasteiger partial charge in [-0.25, -0.2) is 0 Å². The summed E-state index contributed by atoms with van der Waals surface area (Å²) in [6.07, 6.45) is 4.02. The predicted molar refractivity (Wildman–Crippen MR) is 79.1 cm³/mol. The molecule has 2 nitrogen and oxygen atoms in total. The molecular weight excluding hydrogens is 236 g/mol. The quantitative estimate of drug-likeness (QED) is 0.535. The highest BCUT2D eigenvalue weighted by atomic mass is 16.5. The van der Waals surface area contributed by atoms with Gasteiger partial charge < -0.3 is 4.74 Å². The molecule has 0 saturated heterocycles. The van der Waals surface area contributed by atoms with Gasteiger partial charge in [-0.3, -0.25) is 4.79 Å². The highest BCUT2D eigenvalue weighted by Gasteiger charge is 2.19. The molecule has 1 rings (SSSR count). The van der Waals surface area contributed by atoms with E-state index in [0.29, 0.717) is 12.0 Å². The first kappa shape index (κ1) is 12.5. The summed E-state index contributed by atoms with van der Waals surface area (Å²) in [6.45, 7) is 5.53. The second-order valence-corrected chi connectivity index (χ2v) is 4.62. The van der Waals surface area contributed by atoms with Gasteiger partial charge in [-0.15, -0.1) is 0 Å². The maximum atomic E-state index is 12.3. The van der Waals surface area contributed by atoms with Crippen LogP contribution in [-0.4, -0.2) is 12.1 Å². The van der Waals surface area contributed by atoms with Crippen LogP contribution >= 0.6 is 0 Å². The lowest BCUT2D eigenvalue weighted by Crippen LogP contribution is -2.18. The zero-order chi connectivity index (χ0) is 15.9. The van der Waals surface area contributed by atoms with E-state index in [9.17, 15) is 4.79 Å². The summed E-state index contributed by atoms with van der Waals surface area (Å²) in [4.78, 5) is 12.3. The number of esters is 1. The van der Waals surface area contributed by atoms with E-state index in [1.54, 1.807) is 44.2 Å². The molecular formula is C17H24O2. The minimum Gasteiger partial charge on any atom is -0.462 e. The van der Waals surface area contributed by atoms with Crippen molar-refractivity contribution in [3.63, 3.8) is 0 Å². The third-order valence-corrected chi connectivity index (χ3v) is 2.50. The summed E-state index contributed by atoms with van der Waals surface area (Å²) in [5.41, 5.74) is 0.551. The van der Waals surface area contributed by atoms with Crippen LogP contribution in [0.4, 0.5) is 0 Å². The molecule has 2 unspecified atom stereocenters.